The Morgan fingerprint density at radius 2 is 1.31 bits per heavy atom. The minimum absolute atomic E-state index is 0.0367. The highest BCUT2D eigenvalue weighted by atomic mass is 16.6. The Morgan fingerprint density at radius 1 is 0.759 bits per heavy atom. The van der Waals surface area contributed by atoms with E-state index in [0.717, 1.165) is 5.56 Å². The number of carbonyl (C=O) groups excluding carboxylic acids is 2. The lowest BCUT2D eigenvalue weighted by molar-refractivity contribution is -0.00743. The predicted molar refractivity (Wildman–Crippen MR) is 98.6 cm³/mol. The molecule has 0 radical (unpaired) electrons. The normalized spacial score (nSPS) is 17.7. The van der Waals surface area contributed by atoms with E-state index in [4.69, 9.17) is 23.7 Å². The lowest BCUT2D eigenvalue weighted by Crippen LogP contribution is -2.18. The Kier molecular flexibility index (Phi) is 8.11. The molecule has 1 aliphatic rings. The number of rotatable bonds is 2. The molecule has 29 heavy (non-hydrogen) atoms. The average molecular weight is 405 g/mol. The predicted octanol–water partition coefficient (Wildman–Crippen LogP) is 0.703. The van der Waals surface area contributed by atoms with E-state index in [9.17, 15) is 9.59 Å². The Balaban J connectivity index is 1.74. The Bertz CT molecular complexity index is 794. The zero-order valence-corrected chi connectivity index (χ0v) is 16.0. The van der Waals surface area contributed by atoms with Crippen LogP contribution in [0.3, 0.4) is 0 Å². The number of hydrogen-bond acceptors (Lipinski definition) is 9. The first-order valence-electron chi connectivity index (χ1n) is 9.30. The number of benzene rings is 1. The van der Waals surface area contributed by atoms with Gasteiger partial charge >= 0.3 is 11.9 Å². The molecular formula is C19H23N3O7. The van der Waals surface area contributed by atoms with Crippen molar-refractivity contribution < 1.29 is 33.3 Å². The first kappa shape index (κ1) is 20.9. The molecule has 2 aromatic rings. The summed E-state index contributed by atoms with van der Waals surface area (Å²) in [5.41, 5.74) is 0.890. The van der Waals surface area contributed by atoms with Crippen molar-refractivity contribution in [2.45, 2.75) is 6.54 Å². The van der Waals surface area contributed by atoms with Crippen molar-refractivity contribution in [3.05, 3.63) is 47.5 Å². The summed E-state index contributed by atoms with van der Waals surface area (Å²) in [6, 6.07) is 9.38. The van der Waals surface area contributed by atoms with Gasteiger partial charge in [-0.25, -0.2) is 14.3 Å². The lowest BCUT2D eigenvalue weighted by Gasteiger charge is -2.08. The highest BCUT2D eigenvalue weighted by Gasteiger charge is 2.23. The molecular weight excluding hydrogens is 382 g/mol. The average Bonchev–Trinajstić information content (AvgIpc) is 3.15. The van der Waals surface area contributed by atoms with Crippen LogP contribution in [0.1, 0.15) is 26.8 Å². The van der Waals surface area contributed by atoms with Crippen molar-refractivity contribution in [2.75, 3.05) is 52.9 Å². The van der Waals surface area contributed by atoms with Gasteiger partial charge in [-0.1, -0.05) is 30.3 Å². The summed E-state index contributed by atoms with van der Waals surface area (Å²) in [7, 11) is 0. The van der Waals surface area contributed by atoms with Crippen molar-refractivity contribution in [1.82, 2.24) is 14.8 Å². The molecule has 2 bridgehead atoms. The van der Waals surface area contributed by atoms with Crippen LogP contribution in [0, 0.1) is 0 Å². The fourth-order valence-electron chi connectivity index (χ4n) is 2.50. The van der Waals surface area contributed by atoms with Crippen molar-refractivity contribution in [3.63, 3.8) is 0 Å². The minimum Gasteiger partial charge on any atom is -0.457 e. The van der Waals surface area contributed by atoms with E-state index in [0.29, 0.717) is 26.4 Å². The van der Waals surface area contributed by atoms with Crippen LogP contribution >= 0.6 is 0 Å². The summed E-state index contributed by atoms with van der Waals surface area (Å²) in [5, 5.41) is 4.13. The van der Waals surface area contributed by atoms with Crippen LogP contribution in [0.25, 0.3) is 0 Å². The van der Waals surface area contributed by atoms with Crippen molar-refractivity contribution in [1.29, 1.82) is 0 Å². The molecule has 0 amide bonds. The lowest BCUT2D eigenvalue weighted by atomic mass is 10.2. The molecule has 0 fully saturated rings. The van der Waals surface area contributed by atoms with Gasteiger partial charge in [-0.3, -0.25) is 0 Å². The molecule has 10 heteroatoms. The standard InChI is InChI=1S/C19H23N3O7/c23-18-16-20-17(22(21-16)14-15-4-2-1-3-5-15)19(24)29-13-11-27-9-7-25-6-8-26-10-12-28-18/h1-5H,6-14H2. The van der Waals surface area contributed by atoms with Gasteiger partial charge in [0.15, 0.2) is 0 Å². The van der Waals surface area contributed by atoms with E-state index in [1.165, 1.54) is 4.68 Å². The van der Waals surface area contributed by atoms with Gasteiger partial charge in [0.2, 0.25) is 5.82 Å². The van der Waals surface area contributed by atoms with Gasteiger partial charge < -0.3 is 23.7 Å². The molecule has 0 unspecified atom stereocenters. The molecule has 0 saturated heterocycles. The second-order valence-electron chi connectivity index (χ2n) is 6.01. The number of esters is 2. The van der Waals surface area contributed by atoms with Gasteiger partial charge in [-0.15, -0.1) is 5.10 Å². The van der Waals surface area contributed by atoms with E-state index >= 15 is 0 Å². The van der Waals surface area contributed by atoms with E-state index in [1.54, 1.807) is 0 Å². The molecule has 156 valence electrons. The van der Waals surface area contributed by atoms with Crippen LogP contribution in [-0.4, -0.2) is 79.6 Å². The number of hydrogen-bond donors (Lipinski definition) is 0. The fraction of sp³-hybridized carbons (Fsp3) is 0.474. The number of nitrogens with zero attached hydrogens (tertiary/aromatic N) is 3. The molecule has 0 saturated carbocycles. The maximum Gasteiger partial charge on any atom is 0.378 e. The Labute approximate surface area is 167 Å². The highest BCUT2D eigenvalue weighted by Crippen LogP contribution is 2.08. The number of fused-ring (bicyclic) bond motifs is 2. The van der Waals surface area contributed by atoms with Gasteiger partial charge in [0.05, 0.1) is 46.2 Å². The number of carbonyl (C=O) groups is 2. The molecule has 0 atom stereocenters. The molecule has 1 aromatic carbocycles. The topological polar surface area (TPSA) is 111 Å². The van der Waals surface area contributed by atoms with Crippen molar-refractivity contribution >= 4 is 11.9 Å². The Hall–Kier alpha value is -2.82. The van der Waals surface area contributed by atoms with Crippen molar-refractivity contribution in [3.8, 4) is 0 Å². The summed E-state index contributed by atoms with van der Waals surface area (Å²) in [4.78, 5) is 28.7. The summed E-state index contributed by atoms with van der Waals surface area (Å²) in [6.45, 7) is 2.32. The molecule has 0 aliphatic carbocycles. The number of ether oxygens (including phenoxy) is 5. The van der Waals surface area contributed by atoms with Gasteiger partial charge in [-0.05, 0) is 5.56 Å². The van der Waals surface area contributed by atoms with Gasteiger partial charge in [0.25, 0.3) is 5.82 Å². The fourth-order valence-corrected chi connectivity index (χ4v) is 2.50. The minimum atomic E-state index is -0.741. The van der Waals surface area contributed by atoms with Gasteiger partial charge in [-0.2, -0.15) is 4.98 Å². The first-order valence-corrected chi connectivity index (χ1v) is 9.30. The summed E-state index contributed by atoms with van der Waals surface area (Å²) < 4.78 is 27.6. The molecule has 0 N–H and O–H groups in total. The SMILES string of the molecule is O=C1OCCOCCOCCOCCOC(=O)c2nc1nn2Cc1ccccc1. The monoisotopic (exact) mass is 405 g/mol. The third-order valence-electron chi connectivity index (χ3n) is 3.88. The highest BCUT2D eigenvalue weighted by molar-refractivity contribution is 5.89. The second-order valence-corrected chi connectivity index (χ2v) is 6.01. The molecule has 1 aromatic heterocycles. The quantitative estimate of drug-likeness (QED) is 0.667. The van der Waals surface area contributed by atoms with E-state index < -0.39 is 11.9 Å². The van der Waals surface area contributed by atoms with E-state index in [2.05, 4.69) is 10.1 Å². The maximum absolute atomic E-state index is 12.5. The van der Waals surface area contributed by atoms with Crippen LogP contribution in [0.15, 0.2) is 30.3 Å². The van der Waals surface area contributed by atoms with Crippen LogP contribution < -0.4 is 0 Å². The van der Waals surface area contributed by atoms with E-state index in [-0.39, 0.29) is 44.6 Å². The largest absolute Gasteiger partial charge is 0.457 e. The third-order valence-corrected chi connectivity index (χ3v) is 3.88. The van der Waals surface area contributed by atoms with E-state index in [1.807, 2.05) is 30.3 Å². The van der Waals surface area contributed by atoms with Gasteiger partial charge in [0, 0.05) is 0 Å². The summed E-state index contributed by atoms with van der Waals surface area (Å²) in [6.07, 6.45) is 0. The van der Waals surface area contributed by atoms with Crippen LogP contribution in [0.2, 0.25) is 0 Å². The second kappa shape index (κ2) is 11.2. The molecule has 10 nitrogen and oxygen atoms in total. The zero-order valence-electron chi connectivity index (χ0n) is 16.0. The maximum atomic E-state index is 12.5. The van der Waals surface area contributed by atoms with Crippen LogP contribution in [-0.2, 0) is 30.2 Å². The third kappa shape index (κ3) is 6.63. The molecule has 1 aliphatic heterocycles. The van der Waals surface area contributed by atoms with Crippen molar-refractivity contribution in [2.24, 2.45) is 0 Å². The van der Waals surface area contributed by atoms with Crippen LogP contribution in [0.5, 0.6) is 0 Å². The smallest absolute Gasteiger partial charge is 0.378 e. The number of cyclic esters (lactones) is 2. The molecule has 2 heterocycles. The zero-order chi connectivity index (χ0) is 20.3. The summed E-state index contributed by atoms with van der Waals surface area (Å²) in [5.74, 6) is -1.73. The molecule has 0 spiro atoms. The van der Waals surface area contributed by atoms with Crippen LogP contribution in [0.4, 0.5) is 0 Å². The van der Waals surface area contributed by atoms with Gasteiger partial charge in [0.1, 0.15) is 13.2 Å². The molecule has 3 rings (SSSR count). The Morgan fingerprint density at radius 3 is 1.93 bits per heavy atom. The summed E-state index contributed by atoms with van der Waals surface area (Å²) >= 11 is 0. The first-order chi connectivity index (χ1) is 14.2. The number of aromatic nitrogens is 3.